The molecule has 1 unspecified atom stereocenters. The van der Waals surface area contributed by atoms with E-state index in [9.17, 15) is 4.79 Å². The summed E-state index contributed by atoms with van der Waals surface area (Å²) in [5.41, 5.74) is 1.81. The molecule has 0 saturated carbocycles. The van der Waals surface area contributed by atoms with Gasteiger partial charge in [0, 0.05) is 19.8 Å². The lowest BCUT2D eigenvalue weighted by Crippen LogP contribution is -2.34. The molecule has 1 N–H and O–H groups in total. The summed E-state index contributed by atoms with van der Waals surface area (Å²) in [5, 5.41) is 2.86. The number of benzene rings is 1. The van der Waals surface area contributed by atoms with E-state index in [1.807, 2.05) is 43.4 Å². The molecule has 0 spiro atoms. The molecule has 1 aromatic heterocycles. The molecular weight excluding hydrogens is 266 g/mol. The number of carbonyl (C=O) groups excluding carboxylic acids is 1. The molecule has 1 aromatic carbocycles. The third-order valence-electron chi connectivity index (χ3n) is 3.43. The van der Waals surface area contributed by atoms with E-state index in [1.165, 1.54) is 0 Å². The minimum absolute atomic E-state index is 0.113. The van der Waals surface area contributed by atoms with Gasteiger partial charge in [-0.1, -0.05) is 12.1 Å². The standard InChI is InChI=1S/C16H17N3O2/c1-11-16(20)18-13-9-12(6-7-14(13)21-11)10-19(2)15-5-3-4-8-17-15/h3-9,11H,10H2,1-2H3,(H,18,20). The zero-order chi connectivity index (χ0) is 14.8. The number of fused-ring (bicyclic) bond motifs is 1. The second-order valence-electron chi connectivity index (χ2n) is 5.12. The number of nitrogens with one attached hydrogen (secondary N) is 1. The van der Waals surface area contributed by atoms with Crippen LogP contribution in [0.2, 0.25) is 0 Å². The Labute approximate surface area is 123 Å². The van der Waals surface area contributed by atoms with Gasteiger partial charge in [-0.15, -0.1) is 0 Å². The van der Waals surface area contributed by atoms with Gasteiger partial charge in [-0.3, -0.25) is 4.79 Å². The zero-order valence-corrected chi connectivity index (χ0v) is 12.0. The molecule has 3 rings (SSSR count). The van der Waals surface area contributed by atoms with Crippen LogP contribution in [0.5, 0.6) is 5.75 Å². The molecule has 1 aliphatic heterocycles. The lowest BCUT2D eigenvalue weighted by atomic mass is 10.1. The topological polar surface area (TPSA) is 54.5 Å². The van der Waals surface area contributed by atoms with Crippen molar-refractivity contribution in [3.63, 3.8) is 0 Å². The first-order valence-electron chi connectivity index (χ1n) is 6.86. The van der Waals surface area contributed by atoms with Crippen LogP contribution in [0.3, 0.4) is 0 Å². The highest BCUT2D eigenvalue weighted by Gasteiger charge is 2.23. The summed E-state index contributed by atoms with van der Waals surface area (Å²) in [6, 6.07) is 11.7. The molecule has 108 valence electrons. The highest BCUT2D eigenvalue weighted by molar-refractivity contribution is 5.97. The smallest absolute Gasteiger partial charge is 0.265 e. The zero-order valence-electron chi connectivity index (χ0n) is 12.0. The number of hydrogen-bond donors (Lipinski definition) is 1. The molecule has 0 fully saturated rings. The van der Waals surface area contributed by atoms with Crippen LogP contribution >= 0.6 is 0 Å². The van der Waals surface area contributed by atoms with E-state index in [2.05, 4.69) is 15.2 Å². The Balaban J connectivity index is 1.78. The molecule has 0 aliphatic carbocycles. The Hall–Kier alpha value is -2.56. The maximum atomic E-state index is 11.7. The second-order valence-corrected chi connectivity index (χ2v) is 5.12. The van der Waals surface area contributed by atoms with Gasteiger partial charge >= 0.3 is 0 Å². The van der Waals surface area contributed by atoms with Gasteiger partial charge in [-0.05, 0) is 36.8 Å². The first-order chi connectivity index (χ1) is 10.1. The fourth-order valence-corrected chi connectivity index (χ4v) is 2.29. The average molecular weight is 283 g/mol. The summed E-state index contributed by atoms with van der Waals surface area (Å²) in [6.07, 6.45) is 1.33. The quantitative estimate of drug-likeness (QED) is 0.940. The fourth-order valence-electron chi connectivity index (χ4n) is 2.29. The van der Waals surface area contributed by atoms with Crippen molar-refractivity contribution >= 4 is 17.4 Å². The number of aromatic nitrogens is 1. The van der Waals surface area contributed by atoms with E-state index < -0.39 is 6.10 Å². The van der Waals surface area contributed by atoms with Gasteiger partial charge in [-0.2, -0.15) is 0 Å². The third-order valence-corrected chi connectivity index (χ3v) is 3.43. The summed E-state index contributed by atoms with van der Waals surface area (Å²) in [6.45, 7) is 2.44. The number of anilines is 2. The van der Waals surface area contributed by atoms with Gasteiger partial charge in [0.05, 0.1) is 5.69 Å². The van der Waals surface area contributed by atoms with E-state index in [0.29, 0.717) is 12.3 Å². The van der Waals surface area contributed by atoms with Gasteiger partial charge in [0.2, 0.25) is 0 Å². The van der Waals surface area contributed by atoms with Crippen LogP contribution in [0.25, 0.3) is 0 Å². The van der Waals surface area contributed by atoms with Crippen molar-refractivity contribution in [3.05, 3.63) is 48.2 Å². The van der Waals surface area contributed by atoms with Crippen LogP contribution in [-0.2, 0) is 11.3 Å². The van der Waals surface area contributed by atoms with Crippen LogP contribution in [0.15, 0.2) is 42.6 Å². The molecule has 0 bridgehead atoms. The molecule has 21 heavy (non-hydrogen) atoms. The van der Waals surface area contributed by atoms with Crippen LogP contribution in [0.4, 0.5) is 11.5 Å². The monoisotopic (exact) mass is 283 g/mol. The van der Waals surface area contributed by atoms with Gasteiger partial charge in [0.25, 0.3) is 5.91 Å². The predicted molar refractivity (Wildman–Crippen MR) is 81.5 cm³/mol. The average Bonchev–Trinajstić information content (AvgIpc) is 2.49. The SMILES string of the molecule is CC1Oc2ccc(CN(C)c3ccccn3)cc2NC1=O. The van der Waals surface area contributed by atoms with Crippen molar-refractivity contribution in [2.45, 2.75) is 19.6 Å². The van der Waals surface area contributed by atoms with Gasteiger partial charge in [0.1, 0.15) is 11.6 Å². The molecule has 1 amide bonds. The Morgan fingerprint density at radius 1 is 1.33 bits per heavy atom. The highest BCUT2D eigenvalue weighted by atomic mass is 16.5. The summed E-state index contributed by atoms with van der Waals surface area (Å²) in [4.78, 5) is 18.0. The molecule has 1 aliphatic rings. The maximum absolute atomic E-state index is 11.7. The fraction of sp³-hybridized carbons (Fsp3) is 0.250. The van der Waals surface area contributed by atoms with Crippen molar-refractivity contribution in [2.75, 3.05) is 17.3 Å². The lowest BCUT2D eigenvalue weighted by Gasteiger charge is -2.24. The molecule has 2 heterocycles. The number of ether oxygens (including phenoxy) is 1. The summed E-state index contributed by atoms with van der Waals surface area (Å²) >= 11 is 0. The van der Waals surface area contributed by atoms with Crippen LogP contribution in [0, 0.1) is 0 Å². The number of hydrogen-bond acceptors (Lipinski definition) is 4. The Morgan fingerprint density at radius 2 is 2.19 bits per heavy atom. The number of rotatable bonds is 3. The molecule has 5 nitrogen and oxygen atoms in total. The predicted octanol–water partition coefficient (Wildman–Crippen LogP) is 2.44. The summed E-state index contributed by atoms with van der Waals surface area (Å²) in [7, 11) is 1.99. The molecule has 0 radical (unpaired) electrons. The minimum atomic E-state index is -0.445. The number of amides is 1. The van der Waals surface area contributed by atoms with Crippen molar-refractivity contribution < 1.29 is 9.53 Å². The van der Waals surface area contributed by atoms with Crippen LogP contribution in [-0.4, -0.2) is 24.0 Å². The largest absolute Gasteiger partial charge is 0.479 e. The van der Waals surface area contributed by atoms with Crippen molar-refractivity contribution in [1.29, 1.82) is 0 Å². The van der Waals surface area contributed by atoms with E-state index in [0.717, 1.165) is 17.1 Å². The Bertz CT molecular complexity index is 658. The maximum Gasteiger partial charge on any atom is 0.265 e. The van der Waals surface area contributed by atoms with Crippen molar-refractivity contribution in [1.82, 2.24) is 4.98 Å². The number of carbonyl (C=O) groups is 1. The normalized spacial score (nSPS) is 16.7. The first kappa shape index (κ1) is 13.4. The van der Waals surface area contributed by atoms with Crippen molar-refractivity contribution in [2.24, 2.45) is 0 Å². The molecule has 2 aromatic rings. The minimum Gasteiger partial charge on any atom is -0.479 e. The van der Waals surface area contributed by atoms with E-state index in [1.54, 1.807) is 13.1 Å². The Morgan fingerprint density at radius 3 is 2.95 bits per heavy atom. The number of nitrogens with zero attached hydrogens (tertiary/aromatic N) is 2. The molecule has 0 saturated heterocycles. The summed E-state index contributed by atoms with van der Waals surface area (Å²) < 4.78 is 5.55. The van der Waals surface area contributed by atoms with E-state index >= 15 is 0 Å². The van der Waals surface area contributed by atoms with Crippen LogP contribution in [0.1, 0.15) is 12.5 Å². The second kappa shape index (κ2) is 5.44. The molecule has 1 atom stereocenters. The third kappa shape index (κ3) is 2.81. The molecular formula is C16H17N3O2. The highest BCUT2D eigenvalue weighted by Crippen LogP contribution is 2.30. The lowest BCUT2D eigenvalue weighted by molar-refractivity contribution is -0.122. The van der Waals surface area contributed by atoms with E-state index in [-0.39, 0.29) is 5.91 Å². The Kier molecular flexibility index (Phi) is 3.48. The van der Waals surface area contributed by atoms with Gasteiger partial charge in [-0.25, -0.2) is 4.98 Å². The van der Waals surface area contributed by atoms with Gasteiger partial charge < -0.3 is 15.0 Å². The molecule has 5 heteroatoms. The van der Waals surface area contributed by atoms with Crippen LogP contribution < -0.4 is 15.0 Å². The van der Waals surface area contributed by atoms with Crippen molar-refractivity contribution in [3.8, 4) is 5.75 Å². The first-order valence-corrected chi connectivity index (χ1v) is 6.86. The van der Waals surface area contributed by atoms with Gasteiger partial charge in [0.15, 0.2) is 6.10 Å². The summed E-state index contributed by atoms with van der Waals surface area (Å²) in [5.74, 6) is 1.51. The number of pyridine rings is 1. The van der Waals surface area contributed by atoms with E-state index in [4.69, 9.17) is 4.74 Å².